The highest BCUT2D eigenvalue weighted by Crippen LogP contribution is 2.18. The van der Waals surface area contributed by atoms with Gasteiger partial charge in [-0.1, -0.05) is 55.8 Å². The summed E-state index contributed by atoms with van der Waals surface area (Å²) in [5, 5.41) is 4.13. The highest BCUT2D eigenvalue weighted by atomic mass is 35.5. The van der Waals surface area contributed by atoms with E-state index in [0.717, 1.165) is 22.9 Å². The number of halogens is 2. The Morgan fingerprint density at radius 2 is 1.71 bits per heavy atom. The molecule has 0 amide bonds. The largest absolute Gasteiger partial charge is 1.00 e. The van der Waals surface area contributed by atoms with Crippen LogP contribution in [-0.2, 0) is 13.2 Å². The third-order valence-electron chi connectivity index (χ3n) is 2.99. The molecule has 0 radical (unpaired) electrons. The minimum absolute atomic E-state index is 0. The first kappa shape index (κ1) is 17.8. The van der Waals surface area contributed by atoms with Crippen molar-refractivity contribution in [3.8, 4) is 5.75 Å². The summed E-state index contributed by atoms with van der Waals surface area (Å²) in [6.45, 7) is 5.65. The molecule has 2 aromatic rings. The Hall–Kier alpha value is -1.22. The Kier molecular flexibility index (Phi) is 7.58. The molecule has 0 saturated carbocycles. The van der Waals surface area contributed by atoms with Crippen molar-refractivity contribution >= 4 is 11.6 Å². The molecular weight excluding hydrogens is 305 g/mol. The lowest BCUT2D eigenvalue weighted by atomic mass is 10.2. The van der Waals surface area contributed by atoms with Gasteiger partial charge < -0.3 is 22.5 Å². The summed E-state index contributed by atoms with van der Waals surface area (Å²) in [7, 11) is 0. The van der Waals surface area contributed by atoms with E-state index in [1.54, 1.807) is 0 Å². The van der Waals surface area contributed by atoms with Crippen molar-refractivity contribution in [1.82, 2.24) is 5.32 Å². The maximum absolute atomic E-state index is 6.10. The summed E-state index contributed by atoms with van der Waals surface area (Å²) in [4.78, 5) is 0. The van der Waals surface area contributed by atoms with Crippen LogP contribution in [0.3, 0.4) is 0 Å². The standard InChI is InChI=1S/C17H20ClNO.ClH/c1-13(2)19-11-14-7-9-16(10-8-14)20-12-15-5-3-4-6-17(15)18;/h3-10,13,19H,11-12H2,1-2H3;1H/p-1. The molecule has 0 unspecified atom stereocenters. The molecule has 1 N–H and O–H groups in total. The van der Waals surface area contributed by atoms with Crippen molar-refractivity contribution in [2.45, 2.75) is 33.0 Å². The Labute approximate surface area is 137 Å². The molecule has 0 bridgehead atoms. The number of hydrogen-bond donors (Lipinski definition) is 1. The fourth-order valence-electron chi connectivity index (χ4n) is 1.80. The van der Waals surface area contributed by atoms with Crippen molar-refractivity contribution in [2.75, 3.05) is 0 Å². The van der Waals surface area contributed by atoms with Crippen LogP contribution in [-0.4, -0.2) is 6.04 Å². The summed E-state index contributed by atoms with van der Waals surface area (Å²) in [6.07, 6.45) is 0. The van der Waals surface area contributed by atoms with E-state index < -0.39 is 0 Å². The van der Waals surface area contributed by atoms with Gasteiger partial charge in [0, 0.05) is 23.2 Å². The third-order valence-corrected chi connectivity index (χ3v) is 3.36. The van der Waals surface area contributed by atoms with Crippen LogP contribution in [0.25, 0.3) is 0 Å². The Morgan fingerprint density at radius 3 is 2.33 bits per heavy atom. The van der Waals surface area contributed by atoms with E-state index in [9.17, 15) is 0 Å². The van der Waals surface area contributed by atoms with Gasteiger partial charge in [-0.05, 0) is 23.8 Å². The van der Waals surface area contributed by atoms with Gasteiger partial charge in [0.05, 0.1) is 0 Å². The van der Waals surface area contributed by atoms with Gasteiger partial charge >= 0.3 is 0 Å². The zero-order valence-electron chi connectivity index (χ0n) is 12.3. The van der Waals surface area contributed by atoms with Gasteiger partial charge in [0.15, 0.2) is 0 Å². The Bertz CT molecular complexity index is 541. The lowest BCUT2D eigenvalue weighted by Gasteiger charge is -2.10. The number of ether oxygens (including phenoxy) is 1. The van der Waals surface area contributed by atoms with Crippen LogP contribution in [0, 0.1) is 0 Å². The lowest BCUT2D eigenvalue weighted by Crippen LogP contribution is -3.00. The minimum atomic E-state index is 0. The van der Waals surface area contributed by atoms with Gasteiger partial charge in [-0.25, -0.2) is 0 Å². The van der Waals surface area contributed by atoms with E-state index in [1.165, 1.54) is 5.56 Å². The first-order valence-corrected chi connectivity index (χ1v) is 7.21. The zero-order valence-corrected chi connectivity index (χ0v) is 13.8. The number of benzene rings is 2. The molecule has 0 aliphatic rings. The van der Waals surface area contributed by atoms with Crippen molar-refractivity contribution in [3.05, 3.63) is 64.7 Å². The first-order chi connectivity index (χ1) is 9.65. The Morgan fingerprint density at radius 1 is 1.05 bits per heavy atom. The average molecular weight is 325 g/mol. The van der Waals surface area contributed by atoms with Gasteiger partial charge in [-0.3, -0.25) is 0 Å². The molecule has 4 heteroatoms. The van der Waals surface area contributed by atoms with Crippen LogP contribution in [0.1, 0.15) is 25.0 Å². The van der Waals surface area contributed by atoms with E-state index in [1.807, 2.05) is 36.4 Å². The summed E-state index contributed by atoms with van der Waals surface area (Å²) < 4.78 is 5.75. The fraction of sp³-hybridized carbons (Fsp3) is 0.294. The topological polar surface area (TPSA) is 21.3 Å². The first-order valence-electron chi connectivity index (χ1n) is 6.83. The molecule has 0 aliphatic heterocycles. The summed E-state index contributed by atoms with van der Waals surface area (Å²) in [6, 6.07) is 16.4. The smallest absolute Gasteiger partial charge is 0.119 e. The van der Waals surface area contributed by atoms with E-state index >= 15 is 0 Å². The molecule has 2 nitrogen and oxygen atoms in total. The monoisotopic (exact) mass is 324 g/mol. The SMILES string of the molecule is CC(C)NCc1ccc(OCc2ccccc2Cl)cc1.[Cl-]. The molecule has 0 aromatic heterocycles. The van der Waals surface area contributed by atoms with Gasteiger partial charge in [0.25, 0.3) is 0 Å². The van der Waals surface area contributed by atoms with E-state index in [-0.39, 0.29) is 12.4 Å². The average Bonchev–Trinajstić information content (AvgIpc) is 2.45. The highest BCUT2D eigenvalue weighted by Gasteiger charge is 2.01. The van der Waals surface area contributed by atoms with Crippen LogP contribution in [0.15, 0.2) is 48.5 Å². The zero-order chi connectivity index (χ0) is 14.4. The molecule has 114 valence electrons. The second-order valence-electron chi connectivity index (χ2n) is 5.06. The van der Waals surface area contributed by atoms with Gasteiger partial charge in [0.1, 0.15) is 12.4 Å². The van der Waals surface area contributed by atoms with Crippen molar-refractivity contribution in [2.24, 2.45) is 0 Å². The third kappa shape index (κ3) is 5.96. The predicted octanol–water partition coefficient (Wildman–Crippen LogP) is 1.42. The molecule has 0 aliphatic carbocycles. The minimum Gasteiger partial charge on any atom is -1.00 e. The van der Waals surface area contributed by atoms with Gasteiger partial charge in [-0.15, -0.1) is 0 Å². The fourth-order valence-corrected chi connectivity index (χ4v) is 1.99. The number of hydrogen-bond acceptors (Lipinski definition) is 2. The van der Waals surface area contributed by atoms with E-state index in [4.69, 9.17) is 16.3 Å². The van der Waals surface area contributed by atoms with Crippen molar-refractivity contribution in [1.29, 1.82) is 0 Å². The summed E-state index contributed by atoms with van der Waals surface area (Å²) >= 11 is 6.10. The maximum atomic E-state index is 6.10. The normalized spacial score (nSPS) is 10.3. The second kappa shape index (κ2) is 8.93. The van der Waals surface area contributed by atoms with E-state index in [2.05, 4.69) is 31.3 Å². The lowest BCUT2D eigenvalue weighted by molar-refractivity contribution is -0.00000461. The van der Waals surface area contributed by atoms with Crippen LogP contribution >= 0.6 is 11.6 Å². The molecular formula is C17H20Cl2NO-. The molecule has 21 heavy (non-hydrogen) atoms. The molecule has 2 aromatic carbocycles. The van der Waals surface area contributed by atoms with Crippen LogP contribution in [0.4, 0.5) is 0 Å². The molecule has 0 spiro atoms. The number of rotatable bonds is 6. The highest BCUT2D eigenvalue weighted by molar-refractivity contribution is 6.31. The predicted molar refractivity (Wildman–Crippen MR) is 84.2 cm³/mol. The molecule has 0 saturated heterocycles. The number of nitrogens with one attached hydrogen (secondary N) is 1. The Balaban J connectivity index is 0.00000220. The molecule has 0 heterocycles. The van der Waals surface area contributed by atoms with Crippen LogP contribution < -0.4 is 22.5 Å². The van der Waals surface area contributed by atoms with Gasteiger partial charge in [-0.2, -0.15) is 0 Å². The molecule has 0 fully saturated rings. The second-order valence-corrected chi connectivity index (χ2v) is 5.47. The van der Waals surface area contributed by atoms with Crippen molar-refractivity contribution in [3.63, 3.8) is 0 Å². The maximum Gasteiger partial charge on any atom is 0.119 e. The van der Waals surface area contributed by atoms with Gasteiger partial charge in [0.2, 0.25) is 0 Å². The molecule has 0 atom stereocenters. The van der Waals surface area contributed by atoms with Crippen LogP contribution in [0.5, 0.6) is 5.75 Å². The quantitative estimate of drug-likeness (QED) is 0.867. The van der Waals surface area contributed by atoms with E-state index in [0.29, 0.717) is 12.6 Å². The summed E-state index contributed by atoms with van der Waals surface area (Å²) in [5.41, 5.74) is 2.25. The summed E-state index contributed by atoms with van der Waals surface area (Å²) in [5.74, 6) is 0.859. The molecule has 2 rings (SSSR count). The van der Waals surface area contributed by atoms with Crippen LogP contribution in [0.2, 0.25) is 5.02 Å². The van der Waals surface area contributed by atoms with Crippen molar-refractivity contribution < 1.29 is 17.1 Å².